The van der Waals surface area contributed by atoms with E-state index < -0.39 is 4.92 Å². The SMILES string of the molecule is CCc1nn(C)c(NC(C)c2ccc(F)cc2)c1[N+](=O)[O-]. The van der Waals surface area contributed by atoms with E-state index >= 15 is 0 Å². The number of nitrogens with zero attached hydrogens (tertiary/aromatic N) is 3. The maximum atomic E-state index is 12.9. The topological polar surface area (TPSA) is 73.0 Å². The van der Waals surface area contributed by atoms with Crippen molar-refractivity contribution in [3.05, 3.63) is 51.5 Å². The summed E-state index contributed by atoms with van der Waals surface area (Å²) in [6, 6.07) is 5.82. The lowest BCUT2D eigenvalue weighted by Crippen LogP contribution is -2.11. The molecule has 7 heteroatoms. The molecule has 1 heterocycles. The number of aromatic nitrogens is 2. The number of rotatable bonds is 5. The monoisotopic (exact) mass is 292 g/mol. The van der Waals surface area contributed by atoms with Crippen molar-refractivity contribution in [2.45, 2.75) is 26.3 Å². The van der Waals surface area contributed by atoms with Gasteiger partial charge in [-0.3, -0.25) is 10.1 Å². The highest BCUT2D eigenvalue weighted by molar-refractivity contribution is 5.60. The Morgan fingerprint density at radius 2 is 2.05 bits per heavy atom. The van der Waals surface area contributed by atoms with Gasteiger partial charge in [0.25, 0.3) is 0 Å². The summed E-state index contributed by atoms with van der Waals surface area (Å²) >= 11 is 0. The average molecular weight is 292 g/mol. The molecule has 2 aromatic rings. The van der Waals surface area contributed by atoms with E-state index in [4.69, 9.17) is 0 Å². The summed E-state index contributed by atoms with van der Waals surface area (Å²) in [6.07, 6.45) is 0.483. The molecule has 21 heavy (non-hydrogen) atoms. The van der Waals surface area contributed by atoms with E-state index in [1.54, 1.807) is 19.2 Å². The molecule has 1 aromatic carbocycles. The molecule has 0 saturated heterocycles. The van der Waals surface area contributed by atoms with Crippen LogP contribution in [0, 0.1) is 15.9 Å². The number of hydrogen-bond acceptors (Lipinski definition) is 4. The Bertz CT molecular complexity index is 652. The van der Waals surface area contributed by atoms with Gasteiger partial charge in [-0.15, -0.1) is 0 Å². The summed E-state index contributed by atoms with van der Waals surface area (Å²) in [6.45, 7) is 3.68. The molecule has 112 valence electrons. The molecular weight excluding hydrogens is 275 g/mol. The molecule has 1 unspecified atom stereocenters. The first-order valence-electron chi connectivity index (χ1n) is 6.66. The van der Waals surface area contributed by atoms with E-state index in [9.17, 15) is 14.5 Å². The van der Waals surface area contributed by atoms with E-state index in [0.717, 1.165) is 5.56 Å². The lowest BCUT2D eigenvalue weighted by molar-refractivity contribution is -0.384. The summed E-state index contributed by atoms with van der Waals surface area (Å²) in [5.41, 5.74) is 1.27. The van der Waals surface area contributed by atoms with Crippen LogP contribution in [0.15, 0.2) is 24.3 Å². The Kier molecular flexibility index (Phi) is 4.21. The van der Waals surface area contributed by atoms with E-state index in [0.29, 0.717) is 17.9 Å². The van der Waals surface area contributed by atoms with Gasteiger partial charge in [0.15, 0.2) is 0 Å². The average Bonchev–Trinajstić information content (AvgIpc) is 2.76. The molecule has 2 rings (SSSR count). The number of nitro groups is 1. The first-order valence-corrected chi connectivity index (χ1v) is 6.66. The number of hydrogen-bond donors (Lipinski definition) is 1. The third-order valence-electron chi connectivity index (χ3n) is 3.33. The van der Waals surface area contributed by atoms with Gasteiger partial charge in [-0.25, -0.2) is 9.07 Å². The number of anilines is 1. The molecule has 1 atom stereocenters. The van der Waals surface area contributed by atoms with E-state index in [1.807, 2.05) is 13.8 Å². The van der Waals surface area contributed by atoms with Crippen LogP contribution in [0.3, 0.4) is 0 Å². The van der Waals surface area contributed by atoms with Gasteiger partial charge in [-0.05, 0) is 31.0 Å². The van der Waals surface area contributed by atoms with E-state index in [2.05, 4.69) is 10.4 Å². The largest absolute Gasteiger partial charge is 0.358 e. The molecule has 0 aliphatic carbocycles. The zero-order chi connectivity index (χ0) is 15.6. The minimum absolute atomic E-state index is 0.00559. The van der Waals surface area contributed by atoms with Crippen molar-refractivity contribution in [1.29, 1.82) is 0 Å². The van der Waals surface area contributed by atoms with Gasteiger partial charge >= 0.3 is 5.69 Å². The van der Waals surface area contributed by atoms with E-state index in [1.165, 1.54) is 16.8 Å². The van der Waals surface area contributed by atoms with Crippen LogP contribution in [0.2, 0.25) is 0 Å². The highest BCUT2D eigenvalue weighted by Crippen LogP contribution is 2.31. The number of aryl methyl sites for hydroxylation is 2. The fourth-order valence-electron chi connectivity index (χ4n) is 2.20. The van der Waals surface area contributed by atoms with Gasteiger partial charge in [0, 0.05) is 7.05 Å². The van der Waals surface area contributed by atoms with Crippen LogP contribution in [0.25, 0.3) is 0 Å². The molecule has 6 nitrogen and oxygen atoms in total. The lowest BCUT2D eigenvalue weighted by atomic mass is 10.1. The summed E-state index contributed by atoms with van der Waals surface area (Å²) in [5.74, 6) is 0.0411. The first kappa shape index (κ1) is 15.0. The maximum absolute atomic E-state index is 12.9. The number of benzene rings is 1. The predicted molar refractivity (Wildman–Crippen MR) is 77.7 cm³/mol. The Morgan fingerprint density at radius 1 is 1.43 bits per heavy atom. The zero-order valence-corrected chi connectivity index (χ0v) is 12.1. The van der Waals surface area contributed by atoms with Crippen molar-refractivity contribution in [3.63, 3.8) is 0 Å². The number of nitrogens with one attached hydrogen (secondary N) is 1. The summed E-state index contributed by atoms with van der Waals surface area (Å²) in [7, 11) is 1.66. The minimum atomic E-state index is -0.425. The Morgan fingerprint density at radius 3 is 2.57 bits per heavy atom. The van der Waals surface area contributed by atoms with Gasteiger partial charge in [0.05, 0.1) is 11.0 Å². The number of halogens is 1. The second-order valence-corrected chi connectivity index (χ2v) is 4.80. The molecular formula is C14H17FN4O2. The van der Waals surface area contributed by atoms with Gasteiger partial charge < -0.3 is 5.32 Å². The van der Waals surface area contributed by atoms with Crippen molar-refractivity contribution in [2.75, 3.05) is 5.32 Å². The van der Waals surface area contributed by atoms with E-state index in [-0.39, 0.29) is 17.5 Å². The fourth-order valence-corrected chi connectivity index (χ4v) is 2.20. The van der Waals surface area contributed by atoms with Gasteiger partial charge in [0.1, 0.15) is 11.5 Å². The molecule has 0 bridgehead atoms. The van der Waals surface area contributed by atoms with Gasteiger partial charge in [-0.1, -0.05) is 19.1 Å². The fraction of sp³-hybridized carbons (Fsp3) is 0.357. The standard InChI is InChI=1S/C14H17FN4O2/c1-4-12-13(19(20)21)14(18(3)17-12)16-9(2)10-5-7-11(15)8-6-10/h5-9,16H,4H2,1-3H3. The predicted octanol–water partition coefficient (Wildman–Crippen LogP) is 3.20. The lowest BCUT2D eigenvalue weighted by Gasteiger charge is -2.15. The van der Waals surface area contributed by atoms with Crippen molar-refractivity contribution in [1.82, 2.24) is 9.78 Å². The molecule has 0 fully saturated rings. The highest BCUT2D eigenvalue weighted by Gasteiger charge is 2.26. The van der Waals surface area contributed by atoms with Crippen LogP contribution in [0.4, 0.5) is 15.9 Å². The molecule has 0 aliphatic rings. The van der Waals surface area contributed by atoms with Crippen LogP contribution >= 0.6 is 0 Å². The first-order chi connectivity index (χ1) is 9.93. The summed E-state index contributed by atoms with van der Waals surface area (Å²) in [5, 5.41) is 18.5. The second-order valence-electron chi connectivity index (χ2n) is 4.80. The summed E-state index contributed by atoms with van der Waals surface area (Å²) < 4.78 is 14.4. The van der Waals surface area contributed by atoms with Crippen LogP contribution in [0.5, 0.6) is 0 Å². The Labute approximate surface area is 121 Å². The van der Waals surface area contributed by atoms with Crippen LogP contribution in [0.1, 0.15) is 31.1 Å². The van der Waals surface area contributed by atoms with Crippen molar-refractivity contribution < 1.29 is 9.31 Å². The minimum Gasteiger partial charge on any atom is -0.358 e. The smallest absolute Gasteiger partial charge is 0.333 e. The molecule has 0 saturated carbocycles. The summed E-state index contributed by atoms with van der Waals surface area (Å²) in [4.78, 5) is 10.8. The molecule has 1 aromatic heterocycles. The molecule has 1 N–H and O–H groups in total. The van der Waals surface area contributed by atoms with Crippen molar-refractivity contribution in [3.8, 4) is 0 Å². The Balaban J connectivity index is 2.32. The highest BCUT2D eigenvalue weighted by atomic mass is 19.1. The van der Waals surface area contributed by atoms with Crippen LogP contribution < -0.4 is 5.32 Å². The molecule has 0 amide bonds. The third kappa shape index (κ3) is 3.01. The zero-order valence-electron chi connectivity index (χ0n) is 12.1. The second kappa shape index (κ2) is 5.90. The van der Waals surface area contributed by atoms with Crippen LogP contribution in [-0.2, 0) is 13.5 Å². The van der Waals surface area contributed by atoms with Crippen molar-refractivity contribution in [2.24, 2.45) is 7.05 Å². The van der Waals surface area contributed by atoms with Gasteiger partial charge in [0.2, 0.25) is 5.82 Å². The molecule has 0 radical (unpaired) electrons. The quantitative estimate of drug-likeness (QED) is 0.678. The van der Waals surface area contributed by atoms with Crippen molar-refractivity contribution >= 4 is 11.5 Å². The molecule has 0 aliphatic heterocycles. The van der Waals surface area contributed by atoms with Gasteiger partial charge in [-0.2, -0.15) is 5.10 Å². The maximum Gasteiger partial charge on any atom is 0.333 e. The third-order valence-corrected chi connectivity index (χ3v) is 3.33. The normalized spacial score (nSPS) is 12.2. The van der Waals surface area contributed by atoms with Crippen LogP contribution in [-0.4, -0.2) is 14.7 Å². The molecule has 0 spiro atoms. The Hall–Kier alpha value is -2.44.